The fraction of sp³-hybridized carbons (Fsp3) is 0.467. The Kier molecular flexibility index (Phi) is 5.67. The van der Waals surface area contributed by atoms with Crippen molar-refractivity contribution < 1.29 is 9.59 Å². The number of carbonyl (C=O) groups excluding carboxylic acids is 2. The van der Waals surface area contributed by atoms with Gasteiger partial charge in [0.1, 0.15) is 0 Å². The average Bonchev–Trinajstić information content (AvgIpc) is 2.50. The molecule has 0 spiro atoms. The van der Waals surface area contributed by atoms with E-state index in [1.807, 2.05) is 7.05 Å². The minimum Gasteiger partial charge on any atom is -0.334 e. The van der Waals surface area contributed by atoms with E-state index in [2.05, 4.69) is 10.2 Å². The van der Waals surface area contributed by atoms with E-state index in [0.717, 1.165) is 25.9 Å². The molecule has 120 valence electrons. The molecule has 0 aromatic heterocycles. The summed E-state index contributed by atoms with van der Waals surface area (Å²) in [7, 11) is 3.70. The third-order valence-electron chi connectivity index (χ3n) is 3.95. The smallest absolute Gasteiger partial charge is 0.313 e. The molecule has 0 radical (unpaired) electrons. The van der Waals surface area contributed by atoms with Gasteiger partial charge in [0.05, 0.1) is 15.7 Å². The highest BCUT2D eigenvalue weighted by molar-refractivity contribution is 6.44. The van der Waals surface area contributed by atoms with Crippen LogP contribution in [0.5, 0.6) is 0 Å². The Labute approximate surface area is 140 Å². The number of hydrogen-bond donors (Lipinski definition) is 1. The Balaban J connectivity index is 2.01. The van der Waals surface area contributed by atoms with Crippen LogP contribution < -0.4 is 5.32 Å². The molecular formula is C15H19Cl2N3O2. The molecule has 0 bridgehead atoms. The molecule has 0 unspecified atom stereocenters. The summed E-state index contributed by atoms with van der Waals surface area (Å²) < 4.78 is 0. The maximum absolute atomic E-state index is 12.3. The minimum absolute atomic E-state index is 0.0798. The first-order valence-corrected chi connectivity index (χ1v) is 7.86. The minimum atomic E-state index is -0.726. The van der Waals surface area contributed by atoms with E-state index in [9.17, 15) is 9.59 Å². The number of amides is 2. The van der Waals surface area contributed by atoms with Crippen molar-refractivity contribution in [3.63, 3.8) is 0 Å². The zero-order chi connectivity index (χ0) is 16.3. The highest BCUT2D eigenvalue weighted by Crippen LogP contribution is 2.29. The number of likely N-dealkylation sites (N-methyl/N-ethyl adjacent to an activating group) is 1. The van der Waals surface area contributed by atoms with Crippen molar-refractivity contribution in [3.05, 3.63) is 28.2 Å². The summed E-state index contributed by atoms with van der Waals surface area (Å²) in [4.78, 5) is 28.1. The topological polar surface area (TPSA) is 52.7 Å². The molecule has 1 aliphatic heterocycles. The summed E-state index contributed by atoms with van der Waals surface area (Å²) in [5, 5.41) is 3.11. The van der Waals surface area contributed by atoms with Crippen molar-refractivity contribution in [1.82, 2.24) is 9.80 Å². The summed E-state index contributed by atoms with van der Waals surface area (Å²) in [6.07, 6.45) is 1.72. The number of para-hydroxylation sites is 1. The van der Waals surface area contributed by atoms with Crippen molar-refractivity contribution in [1.29, 1.82) is 0 Å². The van der Waals surface area contributed by atoms with Crippen LogP contribution in [0.25, 0.3) is 0 Å². The Morgan fingerprint density at radius 2 is 1.77 bits per heavy atom. The van der Waals surface area contributed by atoms with Crippen molar-refractivity contribution in [2.45, 2.75) is 18.9 Å². The first-order chi connectivity index (χ1) is 10.4. The zero-order valence-corrected chi connectivity index (χ0v) is 14.1. The average molecular weight is 344 g/mol. The van der Waals surface area contributed by atoms with E-state index in [1.54, 1.807) is 25.2 Å². The molecule has 7 heteroatoms. The number of nitrogens with one attached hydrogen (secondary N) is 1. The molecule has 2 rings (SSSR count). The van der Waals surface area contributed by atoms with Gasteiger partial charge in [0, 0.05) is 13.1 Å². The molecule has 1 heterocycles. The quantitative estimate of drug-likeness (QED) is 0.839. The van der Waals surface area contributed by atoms with E-state index in [1.165, 1.54) is 4.90 Å². The van der Waals surface area contributed by atoms with Crippen LogP contribution in [0, 0.1) is 0 Å². The molecule has 1 aromatic rings. The van der Waals surface area contributed by atoms with Crippen molar-refractivity contribution in [2.24, 2.45) is 0 Å². The van der Waals surface area contributed by atoms with Gasteiger partial charge in [-0.3, -0.25) is 9.59 Å². The van der Waals surface area contributed by atoms with Gasteiger partial charge in [-0.2, -0.15) is 0 Å². The predicted molar refractivity (Wildman–Crippen MR) is 88.4 cm³/mol. The van der Waals surface area contributed by atoms with Crippen LogP contribution in [-0.2, 0) is 9.59 Å². The fourth-order valence-electron chi connectivity index (χ4n) is 2.49. The van der Waals surface area contributed by atoms with Gasteiger partial charge >= 0.3 is 11.8 Å². The number of nitrogens with zero attached hydrogens (tertiary/aromatic N) is 2. The lowest BCUT2D eigenvalue weighted by Crippen LogP contribution is -2.47. The molecule has 1 N–H and O–H groups in total. The highest BCUT2D eigenvalue weighted by Gasteiger charge is 2.28. The Morgan fingerprint density at radius 1 is 1.23 bits per heavy atom. The molecule has 1 fully saturated rings. The van der Waals surface area contributed by atoms with Gasteiger partial charge in [-0.15, -0.1) is 0 Å². The molecule has 1 aliphatic rings. The SMILES string of the molecule is CN1CCC(N(C)C(=O)C(=O)Nc2c(Cl)cccc2Cl)CC1. The van der Waals surface area contributed by atoms with Gasteiger partial charge in [0.2, 0.25) is 0 Å². The second-order valence-corrected chi connectivity index (χ2v) is 6.32. The zero-order valence-electron chi connectivity index (χ0n) is 12.6. The maximum Gasteiger partial charge on any atom is 0.313 e. The van der Waals surface area contributed by atoms with Gasteiger partial charge in [-0.25, -0.2) is 0 Å². The highest BCUT2D eigenvalue weighted by atomic mass is 35.5. The molecule has 1 aromatic carbocycles. The molecule has 5 nitrogen and oxygen atoms in total. The first-order valence-electron chi connectivity index (χ1n) is 7.11. The maximum atomic E-state index is 12.3. The largest absolute Gasteiger partial charge is 0.334 e. The summed E-state index contributed by atoms with van der Waals surface area (Å²) in [6, 6.07) is 4.96. The van der Waals surface area contributed by atoms with E-state index in [4.69, 9.17) is 23.2 Å². The number of rotatable bonds is 2. The number of hydrogen-bond acceptors (Lipinski definition) is 3. The van der Waals surface area contributed by atoms with Crippen LogP contribution >= 0.6 is 23.2 Å². The third-order valence-corrected chi connectivity index (χ3v) is 4.58. The van der Waals surface area contributed by atoms with E-state index < -0.39 is 11.8 Å². The second-order valence-electron chi connectivity index (χ2n) is 5.50. The van der Waals surface area contributed by atoms with Crippen molar-refractivity contribution in [2.75, 3.05) is 32.5 Å². The van der Waals surface area contributed by atoms with Gasteiger partial charge in [0.15, 0.2) is 0 Å². The molecule has 1 saturated heterocycles. The van der Waals surface area contributed by atoms with Crippen LogP contribution in [0.1, 0.15) is 12.8 Å². The molecule has 22 heavy (non-hydrogen) atoms. The number of likely N-dealkylation sites (tertiary alicyclic amines) is 1. The lowest BCUT2D eigenvalue weighted by Gasteiger charge is -2.34. The Hall–Kier alpha value is -1.30. The molecule has 0 aliphatic carbocycles. The summed E-state index contributed by atoms with van der Waals surface area (Å²) in [5.74, 6) is -1.30. The number of carbonyl (C=O) groups is 2. The van der Waals surface area contributed by atoms with Crippen LogP contribution in [0.2, 0.25) is 10.0 Å². The first kappa shape index (κ1) is 17.1. The number of piperidine rings is 1. The normalized spacial score (nSPS) is 16.4. The van der Waals surface area contributed by atoms with Gasteiger partial charge < -0.3 is 15.1 Å². The number of benzene rings is 1. The predicted octanol–water partition coefficient (Wildman–Crippen LogP) is 2.48. The van der Waals surface area contributed by atoms with Crippen molar-refractivity contribution in [3.8, 4) is 0 Å². The van der Waals surface area contributed by atoms with Crippen LogP contribution in [0.4, 0.5) is 5.69 Å². The number of halogens is 2. The van der Waals surface area contributed by atoms with Crippen LogP contribution in [0.3, 0.4) is 0 Å². The molecule has 0 atom stereocenters. The van der Waals surface area contributed by atoms with E-state index >= 15 is 0 Å². The van der Waals surface area contributed by atoms with Gasteiger partial charge in [0.25, 0.3) is 0 Å². The molecular weight excluding hydrogens is 325 g/mol. The van der Waals surface area contributed by atoms with Crippen LogP contribution in [0.15, 0.2) is 18.2 Å². The summed E-state index contributed by atoms with van der Waals surface area (Å²) >= 11 is 12.0. The lowest BCUT2D eigenvalue weighted by atomic mass is 10.0. The third kappa shape index (κ3) is 3.91. The van der Waals surface area contributed by atoms with E-state index in [0.29, 0.717) is 10.0 Å². The monoisotopic (exact) mass is 343 g/mol. The second kappa shape index (κ2) is 7.31. The Morgan fingerprint density at radius 3 is 2.32 bits per heavy atom. The summed E-state index contributed by atoms with van der Waals surface area (Å²) in [6.45, 7) is 1.83. The summed E-state index contributed by atoms with van der Waals surface area (Å²) in [5.41, 5.74) is 0.265. The van der Waals surface area contributed by atoms with Crippen LogP contribution in [-0.4, -0.2) is 54.8 Å². The van der Waals surface area contributed by atoms with Gasteiger partial charge in [-0.05, 0) is 45.1 Å². The van der Waals surface area contributed by atoms with Gasteiger partial charge in [-0.1, -0.05) is 29.3 Å². The fourth-order valence-corrected chi connectivity index (χ4v) is 2.98. The Bertz CT molecular complexity index is 552. The molecule has 0 saturated carbocycles. The standard InChI is InChI=1S/C15H19Cl2N3O2/c1-19-8-6-10(7-9-19)20(2)15(22)14(21)18-13-11(16)4-3-5-12(13)17/h3-5,10H,6-9H2,1-2H3,(H,18,21). The molecule has 2 amide bonds. The lowest BCUT2D eigenvalue weighted by molar-refractivity contribution is -0.144. The van der Waals surface area contributed by atoms with Crippen molar-refractivity contribution >= 4 is 40.7 Å². The van der Waals surface area contributed by atoms with E-state index in [-0.39, 0.29) is 11.7 Å². The number of anilines is 1.